The van der Waals surface area contributed by atoms with Gasteiger partial charge in [0.1, 0.15) is 11.4 Å². The number of carbonyl (C=O) groups is 2. The Morgan fingerprint density at radius 3 is 2.51 bits per heavy atom. The van der Waals surface area contributed by atoms with Crippen molar-refractivity contribution in [1.29, 1.82) is 0 Å². The molecule has 0 atom stereocenters. The molecule has 1 aromatic heterocycles. The number of Topliss-reactive ketones (excluding diaryl/α,β-unsaturated/α-hetero) is 1. The highest BCUT2D eigenvalue weighted by Gasteiger charge is 2.37. The number of benzene rings is 2. The molecule has 37 heavy (non-hydrogen) atoms. The van der Waals surface area contributed by atoms with Gasteiger partial charge in [0.25, 0.3) is 11.6 Å². The van der Waals surface area contributed by atoms with Gasteiger partial charge in [0.15, 0.2) is 5.78 Å². The fourth-order valence-corrected chi connectivity index (χ4v) is 4.77. The fourth-order valence-electron chi connectivity index (χ4n) is 4.77. The van der Waals surface area contributed by atoms with Crippen molar-refractivity contribution in [3.8, 4) is 11.4 Å². The van der Waals surface area contributed by atoms with Gasteiger partial charge in [-0.1, -0.05) is 39.8 Å². The number of nitrogens with one attached hydrogen (secondary N) is 1. The predicted molar refractivity (Wildman–Crippen MR) is 139 cm³/mol. The molecule has 9 nitrogen and oxygen atoms in total. The van der Waals surface area contributed by atoms with Gasteiger partial charge in [-0.3, -0.25) is 19.7 Å². The summed E-state index contributed by atoms with van der Waals surface area (Å²) in [5, 5.41) is 19.6. The summed E-state index contributed by atoms with van der Waals surface area (Å²) in [5.74, 6) is 0.570. The Morgan fingerprint density at radius 2 is 1.89 bits per heavy atom. The van der Waals surface area contributed by atoms with Crippen molar-refractivity contribution < 1.29 is 19.2 Å². The first-order valence-electron chi connectivity index (χ1n) is 12.3. The first kappa shape index (κ1) is 26.1. The normalized spacial score (nSPS) is 14.4. The maximum atomic E-state index is 13.1. The van der Waals surface area contributed by atoms with Crippen LogP contribution < -0.4 is 10.1 Å². The summed E-state index contributed by atoms with van der Waals surface area (Å²) in [6.45, 7) is 8.38. The minimum Gasteiger partial charge on any atom is -0.497 e. The summed E-state index contributed by atoms with van der Waals surface area (Å²) in [6, 6.07) is 11.6. The third kappa shape index (κ3) is 5.55. The van der Waals surface area contributed by atoms with Crippen LogP contribution in [0.4, 0.5) is 5.69 Å². The molecule has 1 N–H and O–H groups in total. The molecule has 194 valence electrons. The van der Waals surface area contributed by atoms with E-state index in [9.17, 15) is 19.7 Å². The van der Waals surface area contributed by atoms with Gasteiger partial charge in [-0.2, -0.15) is 5.10 Å². The van der Waals surface area contributed by atoms with Crippen LogP contribution in [0, 0.1) is 21.4 Å². The molecule has 0 fully saturated rings. The molecule has 0 saturated carbocycles. The van der Waals surface area contributed by atoms with Crippen molar-refractivity contribution >= 4 is 17.4 Å². The van der Waals surface area contributed by atoms with Gasteiger partial charge in [0.2, 0.25) is 0 Å². The lowest BCUT2D eigenvalue weighted by molar-refractivity contribution is -0.384. The molecule has 0 spiro atoms. The van der Waals surface area contributed by atoms with Crippen molar-refractivity contribution in [2.45, 2.75) is 53.5 Å². The molecule has 1 aliphatic rings. The Balaban J connectivity index is 1.69. The third-order valence-corrected chi connectivity index (χ3v) is 6.49. The monoisotopic (exact) mass is 504 g/mol. The number of rotatable bonds is 8. The molecule has 0 radical (unpaired) electrons. The van der Waals surface area contributed by atoms with Gasteiger partial charge in [-0.25, -0.2) is 4.68 Å². The zero-order chi connectivity index (χ0) is 26.9. The van der Waals surface area contributed by atoms with Gasteiger partial charge in [0, 0.05) is 24.6 Å². The van der Waals surface area contributed by atoms with Crippen LogP contribution in [-0.4, -0.2) is 33.5 Å². The number of fused-ring (bicyclic) bond motifs is 1. The molecule has 0 unspecified atom stereocenters. The summed E-state index contributed by atoms with van der Waals surface area (Å²) < 4.78 is 6.69. The van der Waals surface area contributed by atoms with E-state index >= 15 is 0 Å². The number of hydrogen-bond acceptors (Lipinski definition) is 6. The van der Waals surface area contributed by atoms with Gasteiger partial charge in [-0.05, 0) is 54.0 Å². The van der Waals surface area contributed by atoms with Crippen LogP contribution in [0.15, 0.2) is 42.5 Å². The average Bonchev–Trinajstić information content (AvgIpc) is 3.18. The summed E-state index contributed by atoms with van der Waals surface area (Å²) >= 11 is 0. The van der Waals surface area contributed by atoms with Crippen LogP contribution in [0.1, 0.15) is 71.8 Å². The highest BCUT2D eigenvalue weighted by Crippen LogP contribution is 2.39. The Morgan fingerprint density at radius 1 is 1.19 bits per heavy atom. The lowest BCUT2D eigenvalue weighted by Gasteiger charge is -2.29. The first-order valence-corrected chi connectivity index (χ1v) is 12.3. The third-order valence-electron chi connectivity index (χ3n) is 6.49. The smallest absolute Gasteiger partial charge is 0.295 e. The zero-order valence-corrected chi connectivity index (χ0v) is 21.8. The first-order chi connectivity index (χ1) is 17.5. The maximum Gasteiger partial charge on any atom is 0.295 e. The number of nitrogens with zero attached hydrogens (tertiary/aromatic N) is 3. The van der Waals surface area contributed by atoms with Crippen LogP contribution in [0.25, 0.3) is 5.69 Å². The van der Waals surface area contributed by atoms with Crippen molar-refractivity contribution in [3.63, 3.8) is 0 Å². The van der Waals surface area contributed by atoms with Crippen LogP contribution in [0.5, 0.6) is 5.75 Å². The highest BCUT2D eigenvalue weighted by molar-refractivity contribution is 6.00. The summed E-state index contributed by atoms with van der Waals surface area (Å²) in [7, 11) is 1.58. The summed E-state index contributed by atoms with van der Waals surface area (Å²) in [4.78, 5) is 37.5. The van der Waals surface area contributed by atoms with E-state index in [0.29, 0.717) is 42.0 Å². The number of methoxy groups -OCH3 is 1. The highest BCUT2D eigenvalue weighted by atomic mass is 16.6. The van der Waals surface area contributed by atoms with E-state index in [0.717, 1.165) is 5.56 Å². The molecule has 1 amide bonds. The number of ether oxygens (including phenoxy) is 1. The van der Waals surface area contributed by atoms with Crippen molar-refractivity contribution in [2.24, 2.45) is 11.3 Å². The van der Waals surface area contributed by atoms with E-state index in [-0.39, 0.29) is 40.6 Å². The van der Waals surface area contributed by atoms with Crippen LogP contribution in [0.3, 0.4) is 0 Å². The lowest BCUT2D eigenvalue weighted by atomic mass is 9.75. The molecule has 0 aliphatic heterocycles. The molecule has 1 heterocycles. The number of hydrogen-bond donors (Lipinski definition) is 1. The average molecular weight is 505 g/mol. The van der Waals surface area contributed by atoms with Crippen molar-refractivity contribution in [1.82, 2.24) is 15.1 Å². The fraction of sp³-hybridized carbons (Fsp3) is 0.393. The quantitative estimate of drug-likeness (QED) is 0.338. The van der Waals surface area contributed by atoms with Gasteiger partial charge in [-0.15, -0.1) is 0 Å². The van der Waals surface area contributed by atoms with E-state index in [1.54, 1.807) is 36.1 Å². The van der Waals surface area contributed by atoms with E-state index < -0.39 is 10.8 Å². The van der Waals surface area contributed by atoms with E-state index in [2.05, 4.69) is 5.32 Å². The predicted octanol–water partition coefficient (Wildman–Crippen LogP) is 5.07. The number of nitro benzene ring substituents is 1. The SMILES string of the molecule is COc1ccc(CNC(=O)c2ccc(-n3nc(CC(C)C)c4c3CC(C)(C)CC4=O)c([N+](=O)[O-])c2)cc1. The Kier molecular flexibility index (Phi) is 7.16. The number of amides is 1. The molecule has 0 bridgehead atoms. The van der Waals surface area contributed by atoms with E-state index in [1.165, 1.54) is 6.07 Å². The minimum absolute atomic E-state index is 0.0188. The lowest BCUT2D eigenvalue weighted by Crippen LogP contribution is -2.28. The molecular weight excluding hydrogens is 472 g/mol. The van der Waals surface area contributed by atoms with E-state index in [1.807, 2.05) is 39.8 Å². The molecular formula is C28H32N4O5. The Bertz CT molecular complexity index is 1360. The summed E-state index contributed by atoms with van der Waals surface area (Å²) in [5.41, 5.74) is 2.70. The topological polar surface area (TPSA) is 116 Å². The van der Waals surface area contributed by atoms with E-state index in [4.69, 9.17) is 9.84 Å². The summed E-state index contributed by atoms with van der Waals surface area (Å²) in [6.07, 6.45) is 1.58. The molecule has 4 rings (SSSR count). The molecule has 0 saturated heterocycles. The van der Waals surface area contributed by atoms with Crippen molar-refractivity contribution in [2.75, 3.05) is 7.11 Å². The Labute approximate surface area is 216 Å². The van der Waals surface area contributed by atoms with Gasteiger partial charge >= 0.3 is 0 Å². The van der Waals surface area contributed by atoms with Crippen LogP contribution >= 0.6 is 0 Å². The molecule has 1 aliphatic carbocycles. The molecule has 2 aromatic carbocycles. The number of ketones is 1. The maximum absolute atomic E-state index is 13.1. The molecule has 9 heteroatoms. The standard InChI is InChI=1S/C28H32N4O5/c1-17(2)12-21-26-24(14-28(3,4)15-25(26)33)31(30-21)22-11-8-19(13-23(22)32(35)36)27(34)29-16-18-6-9-20(37-5)10-7-18/h6-11,13,17H,12,14-16H2,1-5H3,(H,29,34). The van der Waals surface area contributed by atoms with Gasteiger partial charge in [0.05, 0.1) is 29.0 Å². The zero-order valence-electron chi connectivity index (χ0n) is 21.8. The second kappa shape index (κ2) is 10.2. The number of aromatic nitrogens is 2. The number of carbonyl (C=O) groups excluding carboxylic acids is 2. The number of nitro groups is 1. The van der Waals surface area contributed by atoms with Crippen LogP contribution in [-0.2, 0) is 19.4 Å². The second-order valence-electron chi connectivity index (χ2n) is 10.7. The van der Waals surface area contributed by atoms with Crippen molar-refractivity contribution in [3.05, 3.63) is 80.7 Å². The Hall–Kier alpha value is -4.01. The molecule has 3 aromatic rings. The van der Waals surface area contributed by atoms with Gasteiger partial charge < -0.3 is 10.1 Å². The largest absolute Gasteiger partial charge is 0.497 e. The van der Waals surface area contributed by atoms with Crippen LogP contribution in [0.2, 0.25) is 0 Å². The minimum atomic E-state index is -0.512. The second-order valence-corrected chi connectivity index (χ2v) is 10.7.